The van der Waals surface area contributed by atoms with Crippen LogP contribution in [0.15, 0.2) is 97.3 Å². The second kappa shape index (κ2) is 33.4. The number of amides is 2. The molecule has 2 amide bonds. The molecule has 103 heavy (non-hydrogen) atoms. The van der Waals surface area contributed by atoms with Gasteiger partial charge in [-0.3, -0.25) is 9.59 Å². The Bertz CT molecular complexity index is 4820. The highest BCUT2D eigenvalue weighted by molar-refractivity contribution is 5.93. The first-order chi connectivity index (χ1) is 49.5. The van der Waals surface area contributed by atoms with Crippen molar-refractivity contribution in [3.63, 3.8) is 0 Å². The van der Waals surface area contributed by atoms with E-state index >= 15 is 0 Å². The third-order valence-electron chi connectivity index (χ3n) is 18.5. The van der Waals surface area contributed by atoms with Gasteiger partial charge >= 0.3 is 0 Å². The summed E-state index contributed by atoms with van der Waals surface area (Å²) in [5, 5.41) is 17.8. The molecule has 3 N–H and O–H groups in total. The molecule has 5 aromatic carbocycles. The maximum atomic E-state index is 14.2. The van der Waals surface area contributed by atoms with Crippen molar-refractivity contribution in [1.82, 2.24) is 70.4 Å². The van der Waals surface area contributed by atoms with Gasteiger partial charge in [0.15, 0.2) is 0 Å². The summed E-state index contributed by atoms with van der Waals surface area (Å²) in [4.78, 5) is 78.5. The Hall–Kier alpha value is -10.7. The number of benzene rings is 5. The molecular weight excluding hydrogens is 1320 g/mol. The second-order valence-corrected chi connectivity index (χ2v) is 26.4. The molecule has 0 atom stereocenters. The number of hydrogen-bond acceptors (Lipinski definition) is 20. The second-order valence-electron chi connectivity index (χ2n) is 26.4. The van der Waals surface area contributed by atoms with Crippen LogP contribution in [0.3, 0.4) is 0 Å². The van der Waals surface area contributed by atoms with Crippen LogP contribution in [0.5, 0.6) is 23.0 Å². The van der Waals surface area contributed by atoms with E-state index < -0.39 is 5.82 Å². The number of anilines is 1. The standard InChI is InChI=1S/C27H34N6O3.C23H26FN5O2.C18H17FN2O.C10H9FN2O/c1-17-26-23(31-18(2)30-17)15-20(33-10-12-35-13-11-33)16-24(26)36-21-6-4-19(5-7-21)14-25-29-9-8-22(32-25)27(34)28-3;1-13-22-19(28-14(2)27-13)11-16(24)12-20(22)31-17-6-4-15(5-7-17)10-21-26-9-8-18(29-21)23(30)25-3;1-11-4-6-14(7-5-11)10-22-17-9-15(19)8-16-18(17)12(2)20-13(3)21-16;1-5-10-8(13-6(2)12-5)3-7(11)4-9(10)14/h8-9,15-16,19,21H,4-7,10-14H2,1-3H3,(H,28,34);8-9,11-12,15,17H,4-7,10H2,1-3H3,(H,25,30);4-9H,10H2,1-3H3;3-4,14H,1-2H3. The zero-order valence-corrected chi connectivity index (χ0v) is 60.0. The Morgan fingerprint density at radius 2 is 0.883 bits per heavy atom. The molecule has 536 valence electrons. The molecule has 0 unspecified atom stereocenters. The number of aryl methyl sites for hydroxylation is 9. The van der Waals surface area contributed by atoms with Gasteiger partial charge in [0.1, 0.15) is 93.4 Å². The summed E-state index contributed by atoms with van der Waals surface area (Å²) in [5.41, 5.74) is 9.86. The summed E-state index contributed by atoms with van der Waals surface area (Å²) in [5.74, 6) is 5.05. The number of carbonyl (C=O) groups is 2. The molecule has 0 spiro atoms. The zero-order chi connectivity index (χ0) is 73.0. The zero-order valence-electron chi connectivity index (χ0n) is 60.0. The summed E-state index contributed by atoms with van der Waals surface area (Å²) in [6.07, 6.45) is 12.6. The van der Waals surface area contributed by atoms with Crippen molar-refractivity contribution in [3.8, 4) is 23.0 Å². The van der Waals surface area contributed by atoms with E-state index in [1.807, 2.05) is 58.9 Å². The molecule has 25 heteroatoms. The van der Waals surface area contributed by atoms with Gasteiger partial charge in [-0.05, 0) is 149 Å². The monoisotopic (exact) mass is 1400 g/mol. The third-order valence-corrected chi connectivity index (χ3v) is 18.5. The number of fused-ring (bicyclic) bond motifs is 4. The lowest BCUT2D eigenvalue weighted by Crippen LogP contribution is -2.36. The molecule has 3 fully saturated rings. The van der Waals surface area contributed by atoms with E-state index in [-0.39, 0.29) is 41.4 Å². The van der Waals surface area contributed by atoms with Crippen LogP contribution in [-0.2, 0) is 24.2 Å². The smallest absolute Gasteiger partial charge is 0.269 e. The van der Waals surface area contributed by atoms with Gasteiger partial charge < -0.3 is 39.6 Å². The summed E-state index contributed by atoms with van der Waals surface area (Å²) in [6, 6.07) is 23.6. The lowest BCUT2D eigenvalue weighted by molar-refractivity contribution is 0.0949. The minimum absolute atomic E-state index is 0.0140. The molecule has 7 heterocycles. The Labute approximate surface area is 596 Å². The van der Waals surface area contributed by atoms with Gasteiger partial charge in [-0.25, -0.2) is 73.0 Å². The number of nitrogens with one attached hydrogen (secondary N) is 2. The number of rotatable bonds is 14. The lowest BCUT2D eigenvalue weighted by Gasteiger charge is -2.31. The molecule has 11 aromatic rings. The van der Waals surface area contributed by atoms with Gasteiger partial charge in [0, 0.05) is 101 Å². The van der Waals surface area contributed by atoms with Crippen LogP contribution in [0.2, 0.25) is 0 Å². The van der Waals surface area contributed by atoms with E-state index in [9.17, 15) is 27.9 Å². The van der Waals surface area contributed by atoms with Gasteiger partial charge in [-0.15, -0.1) is 0 Å². The lowest BCUT2D eigenvalue weighted by atomic mass is 9.85. The SMILES string of the molecule is CNC(=O)c1ccnc(CC2CCC(Oc3cc(F)cc4nc(C)nc(C)c34)CC2)n1.CNC(=O)c1ccnc(CC2CCC(Oc3cc(N4CCOCC4)cc4nc(C)nc(C)c34)CC2)n1.Cc1ccc(COc2cc(F)cc3nc(C)nc(C)c23)cc1.Cc1nc(C)c2c(O)cc(F)cc2n1. The third kappa shape index (κ3) is 18.9. The summed E-state index contributed by atoms with van der Waals surface area (Å²) < 4.78 is 65.2. The van der Waals surface area contributed by atoms with E-state index in [0.29, 0.717) is 92.3 Å². The molecule has 1 aliphatic heterocycles. The number of phenols is 1. The van der Waals surface area contributed by atoms with Crippen molar-refractivity contribution >= 4 is 61.1 Å². The van der Waals surface area contributed by atoms with Crippen LogP contribution in [0.1, 0.15) is 141 Å². The van der Waals surface area contributed by atoms with Gasteiger partial charge in [0.05, 0.1) is 91.8 Å². The summed E-state index contributed by atoms with van der Waals surface area (Å²) >= 11 is 0. The van der Waals surface area contributed by atoms with E-state index in [1.54, 1.807) is 66.3 Å². The molecule has 0 radical (unpaired) electrons. The van der Waals surface area contributed by atoms with Crippen molar-refractivity contribution in [2.45, 2.75) is 145 Å². The average molecular weight is 1400 g/mol. The largest absolute Gasteiger partial charge is 0.507 e. The van der Waals surface area contributed by atoms with Crippen LogP contribution < -0.4 is 29.7 Å². The summed E-state index contributed by atoms with van der Waals surface area (Å²) in [7, 11) is 3.20. The molecule has 3 aliphatic rings. The normalized spacial score (nSPS) is 16.5. The van der Waals surface area contributed by atoms with Gasteiger partial charge in [0.2, 0.25) is 0 Å². The van der Waals surface area contributed by atoms with E-state index in [2.05, 4.69) is 82.5 Å². The van der Waals surface area contributed by atoms with Crippen LogP contribution in [0.25, 0.3) is 43.6 Å². The van der Waals surface area contributed by atoms with Crippen molar-refractivity contribution in [2.24, 2.45) is 11.8 Å². The average Bonchev–Trinajstić information content (AvgIpc) is 0.800. The predicted octanol–water partition coefficient (Wildman–Crippen LogP) is 13.5. The number of ether oxygens (including phenoxy) is 4. The van der Waals surface area contributed by atoms with Gasteiger partial charge in [0.25, 0.3) is 11.8 Å². The molecule has 2 aliphatic carbocycles. The topological polar surface area (TPSA) is 273 Å². The van der Waals surface area contributed by atoms with Gasteiger partial charge in [-0.2, -0.15) is 0 Å². The number of aromatic hydroxyl groups is 1. The predicted molar refractivity (Wildman–Crippen MR) is 387 cm³/mol. The van der Waals surface area contributed by atoms with Crippen molar-refractivity contribution < 1.29 is 46.8 Å². The van der Waals surface area contributed by atoms with E-state index in [0.717, 1.165) is 164 Å². The Kier molecular flexibility index (Phi) is 23.8. The Balaban J connectivity index is 0.000000144. The number of halogens is 3. The number of morpholine rings is 1. The Morgan fingerprint density at radius 1 is 0.485 bits per heavy atom. The fourth-order valence-corrected chi connectivity index (χ4v) is 13.5. The van der Waals surface area contributed by atoms with Crippen LogP contribution in [-0.4, -0.2) is 129 Å². The van der Waals surface area contributed by atoms with Crippen LogP contribution in [0.4, 0.5) is 18.9 Å². The summed E-state index contributed by atoms with van der Waals surface area (Å²) in [6.45, 7) is 20.4. The quantitative estimate of drug-likeness (QED) is 0.0912. The van der Waals surface area contributed by atoms with Crippen LogP contribution in [0, 0.1) is 91.6 Å². The fourth-order valence-electron chi connectivity index (χ4n) is 13.5. The molecule has 6 aromatic heterocycles. The highest BCUT2D eigenvalue weighted by Crippen LogP contribution is 2.39. The van der Waals surface area contributed by atoms with Gasteiger partial charge in [-0.1, -0.05) is 29.8 Å². The van der Waals surface area contributed by atoms with E-state index in [4.69, 9.17) is 23.9 Å². The van der Waals surface area contributed by atoms with E-state index in [1.165, 1.54) is 35.9 Å². The fraction of sp³-hybridized carbons (Fsp3) is 0.385. The minimum atomic E-state index is -0.493. The maximum absolute atomic E-state index is 14.2. The van der Waals surface area contributed by atoms with Crippen molar-refractivity contribution in [1.29, 1.82) is 0 Å². The molecule has 22 nitrogen and oxygen atoms in total. The maximum Gasteiger partial charge on any atom is 0.269 e. The molecule has 0 bridgehead atoms. The van der Waals surface area contributed by atoms with Crippen molar-refractivity contribution in [2.75, 3.05) is 45.3 Å². The molecular formula is C78H86F3N15O7. The highest BCUT2D eigenvalue weighted by atomic mass is 19.1. The van der Waals surface area contributed by atoms with Crippen LogP contribution >= 0.6 is 0 Å². The first-order valence-electron chi connectivity index (χ1n) is 34.8. The Morgan fingerprint density at radius 3 is 1.34 bits per heavy atom. The molecule has 2 saturated carbocycles. The number of aromatic nitrogens is 12. The molecule has 14 rings (SSSR count). The first kappa shape index (κ1) is 73.5. The first-order valence-corrected chi connectivity index (χ1v) is 34.8. The number of nitrogens with zero attached hydrogens (tertiary/aromatic N) is 13. The minimum Gasteiger partial charge on any atom is -0.507 e. The number of hydrogen-bond donors (Lipinski definition) is 3. The van der Waals surface area contributed by atoms with Crippen molar-refractivity contribution in [3.05, 3.63) is 195 Å². The number of phenolic OH excluding ortho intramolecular Hbond substituents is 1. The number of carbonyl (C=O) groups excluding carboxylic acids is 2. The highest BCUT2D eigenvalue weighted by Gasteiger charge is 2.28. The molecule has 1 saturated heterocycles.